The van der Waals surface area contributed by atoms with Gasteiger partial charge in [-0.05, 0) is 49.4 Å². The fourth-order valence-corrected chi connectivity index (χ4v) is 4.57. The zero-order valence-corrected chi connectivity index (χ0v) is 18.5. The SMILES string of the molecule is Cc1c(C(=O)Nc2cccc(S(=O)(=O)N(C)c3ccccc3)c2)cnn1-c1ccccc1. The number of hydrogen-bond donors (Lipinski definition) is 1. The number of amides is 1. The number of nitrogens with zero attached hydrogens (tertiary/aromatic N) is 3. The fraction of sp³-hybridized carbons (Fsp3) is 0.0833. The lowest BCUT2D eigenvalue weighted by Gasteiger charge is -2.19. The lowest BCUT2D eigenvalue weighted by molar-refractivity contribution is 0.102. The molecule has 1 N–H and O–H groups in total. The number of rotatable bonds is 6. The maximum atomic E-state index is 13.1. The van der Waals surface area contributed by atoms with E-state index in [1.807, 2.05) is 43.3 Å². The van der Waals surface area contributed by atoms with Gasteiger partial charge < -0.3 is 5.32 Å². The summed E-state index contributed by atoms with van der Waals surface area (Å²) in [7, 11) is -2.29. The summed E-state index contributed by atoms with van der Waals surface area (Å²) in [6.45, 7) is 1.81. The molecular formula is C24H22N4O3S. The number of aromatic nitrogens is 2. The topological polar surface area (TPSA) is 84.3 Å². The number of sulfonamides is 1. The summed E-state index contributed by atoms with van der Waals surface area (Å²) in [6, 6.07) is 24.5. The molecule has 1 aromatic heterocycles. The number of anilines is 2. The minimum atomic E-state index is -3.79. The second-order valence-corrected chi connectivity index (χ2v) is 9.15. The molecule has 4 aromatic rings. The Hall–Kier alpha value is -3.91. The largest absolute Gasteiger partial charge is 0.322 e. The number of para-hydroxylation sites is 2. The van der Waals surface area contributed by atoms with Gasteiger partial charge in [0.15, 0.2) is 0 Å². The van der Waals surface area contributed by atoms with Crippen molar-refractivity contribution >= 4 is 27.3 Å². The van der Waals surface area contributed by atoms with E-state index in [0.717, 1.165) is 5.69 Å². The van der Waals surface area contributed by atoms with Crippen LogP contribution in [0.3, 0.4) is 0 Å². The molecule has 4 rings (SSSR count). The van der Waals surface area contributed by atoms with E-state index < -0.39 is 10.0 Å². The highest BCUT2D eigenvalue weighted by Crippen LogP contribution is 2.24. The Labute approximate surface area is 187 Å². The van der Waals surface area contributed by atoms with Crippen LogP contribution in [-0.4, -0.2) is 31.2 Å². The lowest BCUT2D eigenvalue weighted by atomic mass is 10.2. The molecule has 162 valence electrons. The standard InChI is InChI=1S/C24H22N4O3S/c1-18-23(17-25-28(18)21-13-7-4-8-14-21)24(29)26-19-10-9-15-22(16-19)32(30,31)27(2)20-11-5-3-6-12-20/h3-17H,1-2H3,(H,26,29). The molecule has 7 nitrogen and oxygen atoms in total. The average molecular weight is 447 g/mol. The first-order valence-corrected chi connectivity index (χ1v) is 11.4. The van der Waals surface area contributed by atoms with Crippen LogP contribution in [0, 0.1) is 6.92 Å². The van der Waals surface area contributed by atoms with Crippen molar-refractivity contribution in [3.05, 3.63) is 102 Å². The van der Waals surface area contributed by atoms with Crippen molar-refractivity contribution in [2.45, 2.75) is 11.8 Å². The number of carbonyl (C=O) groups is 1. The molecule has 0 spiro atoms. The zero-order chi connectivity index (χ0) is 22.7. The molecule has 1 amide bonds. The van der Waals surface area contributed by atoms with Crippen molar-refractivity contribution in [1.29, 1.82) is 0 Å². The minimum Gasteiger partial charge on any atom is -0.322 e. The maximum Gasteiger partial charge on any atom is 0.264 e. The van der Waals surface area contributed by atoms with Crippen molar-refractivity contribution in [1.82, 2.24) is 9.78 Å². The first kappa shape index (κ1) is 21.3. The van der Waals surface area contributed by atoms with Crippen LogP contribution in [-0.2, 0) is 10.0 Å². The van der Waals surface area contributed by atoms with Crippen molar-refractivity contribution in [3.63, 3.8) is 0 Å². The quantitative estimate of drug-likeness (QED) is 0.480. The Morgan fingerprint density at radius 1 is 0.938 bits per heavy atom. The summed E-state index contributed by atoms with van der Waals surface area (Å²) in [5.41, 5.74) is 2.86. The predicted molar refractivity (Wildman–Crippen MR) is 125 cm³/mol. The Morgan fingerprint density at radius 3 is 2.28 bits per heavy atom. The highest BCUT2D eigenvalue weighted by atomic mass is 32.2. The van der Waals surface area contributed by atoms with E-state index in [2.05, 4.69) is 10.4 Å². The number of nitrogens with one attached hydrogen (secondary N) is 1. The summed E-state index contributed by atoms with van der Waals surface area (Å²) in [5.74, 6) is -0.365. The monoisotopic (exact) mass is 446 g/mol. The summed E-state index contributed by atoms with van der Waals surface area (Å²) < 4.78 is 29.0. The smallest absolute Gasteiger partial charge is 0.264 e. The van der Waals surface area contributed by atoms with E-state index in [1.165, 1.54) is 29.7 Å². The van der Waals surface area contributed by atoms with Gasteiger partial charge in [0.25, 0.3) is 15.9 Å². The maximum absolute atomic E-state index is 13.1. The van der Waals surface area contributed by atoms with Gasteiger partial charge in [-0.15, -0.1) is 0 Å². The molecule has 0 unspecified atom stereocenters. The molecule has 0 radical (unpaired) electrons. The van der Waals surface area contributed by atoms with Gasteiger partial charge >= 0.3 is 0 Å². The summed E-state index contributed by atoms with van der Waals surface area (Å²) >= 11 is 0. The second kappa shape index (κ2) is 8.68. The Balaban J connectivity index is 1.57. The molecule has 0 aliphatic rings. The molecule has 0 saturated heterocycles. The molecule has 0 aliphatic carbocycles. The lowest BCUT2D eigenvalue weighted by Crippen LogP contribution is -2.26. The summed E-state index contributed by atoms with van der Waals surface area (Å²) in [5, 5.41) is 7.10. The van der Waals surface area contributed by atoms with Gasteiger partial charge in [0.2, 0.25) is 0 Å². The van der Waals surface area contributed by atoms with Gasteiger partial charge in [-0.2, -0.15) is 5.10 Å². The summed E-state index contributed by atoms with van der Waals surface area (Å²) in [4.78, 5) is 13.0. The van der Waals surface area contributed by atoms with Crippen LogP contribution < -0.4 is 9.62 Å². The van der Waals surface area contributed by atoms with E-state index in [9.17, 15) is 13.2 Å². The Bertz CT molecular complexity index is 1350. The normalized spacial score (nSPS) is 11.2. The summed E-state index contributed by atoms with van der Waals surface area (Å²) in [6.07, 6.45) is 1.50. The molecule has 0 saturated carbocycles. The fourth-order valence-electron chi connectivity index (χ4n) is 3.33. The second-order valence-electron chi connectivity index (χ2n) is 7.18. The highest BCUT2D eigenvalue weighted by Gasteiger charge is 2.22. The van der Waals surface area contributed by atoms with Gasteiger partial charge in [0.1, 0.15) is 0 Å². The number of benzene rings is 3. The molecule has 8 heteroatoms. The van der Waals surface area contributed by atoms with E-state index in [0.29, 0.717) is 22.6 Å². The van der Waals surface area contributed by atoms with Crippen LogP contribution in [0.2, 0.25) is 0 Å². The van der Waals surface area contributed by atoms with Gasteiger partial charge in [-0.1, -0.05) is 42.5 Å². The average Bonchev–Trinajstić information content (AvgIpc) is 3.21. The van der Waals surface area contributed by atoms with E-state index in [1.54, 1.807) is 41.1 Å². The predicted octanol–water partition coefficient (Wildman–Crippen LogP) is 4.26. The molecule has 0 aliphatic heterocycles. The van der Waals surface area contributed by atoms with E-state index in [-0.39, 0.29) is 10.8 Å². The molecule has 0 fully saturated rings. The van der Waals surface area contributed by atoms with Crippen LogP contribution in [0.5, 0.6) is 0 Å². The number of hydrogen-bond acceptors (Lipinski definition) is 4. The van der Waals surface area contributed by atoms with Crippen molar-refractivity contribution in [2.75, 3.05) is 16.7 Å². The van der Waals surface area contributed by atoms with Crippen LogP contribution >= 0.6 is 0 Å². The van der Waals surface area contributed by atoms with Gasteiger partial charge in [0.05, 0.1) is 33.7 Å². The van der Waals surface area contributed by atoms with Crippen LogP contribution in [0.1, 0.15) is 16.1 Å². The highest BCUT2D eigenvalue weighted by molar-refractivity contribution is 7.92. The van der Waals surface area contributed by atoms with Crippen molar-refractivity contribution < 1.29 is 13.2 Å². The van der Waals surface area contributed by atoms with Crippen LogP contribution in [0.15, 0.2) is 96.0 Å². The van der Waals surface area contributed by atoms with Gasteiger partial charge in [-0.25, -0.2) is 13.1 Å². The molecule has 0 bridgehead atoms. The van der Waals surface area contributed by atoms with Crippen LogP contribution in [0.4, 0.5) is 11.4 Å². The van der Waals surface area contributed by atoms with E-state index >= 15 is 0 Å². The van der Waals surface area contributed by atoms with Gasteiger partial charge in [0, 0.05) is 12.7 Å². The Kier molecular flexibility index (Phi) is 5.79. The van der Waals surface area contributed by atoms with Crippen molar-refractivity contribution in [2.24, 2.45) is 0 Å². The third kappa shape index (κ3) is 4.13. The number of carbonyl (C=O) groups excluding carboxylic acids is 1. The molecule has 0 atom stereocenters. The minimum absolute atomic E-state index is 0.0818. The van der Waals surface area contributed by atoms with E-state index in [4.69, 9.17) is 0 Å². The first-order chi connectivity index (χ1) is 15.4. The first-order valence-electron chi connectivity index (χ1n) is 9.93. The molecular weight excluding hydrogens is 424 g/mol. The third-order valence-electron chi connectivity index (χ3n) is 5.13. The zero-order valence-electron chi connectivity index (χ0n) is 17.6. The third-order valence-corrected chi connectivity index (χ3v) is 6.91. The molecule has 3 aromatic carbocycles. The van der Waals surface area contributed by atoms with Crippen molar-refractivity contribution in [3.8, 4) is 5.69 Å². The van der Waals surface area contributed by atoms with Gasteiger partial charge in [-0.3, -0.25) is 9.10 Å². The molecule has 1 heterocycles. The van der Waals surface area contributed by atoms with Crippen LogP contribution in [0.25, 0.3) is 5.69 Å². The molecule has 32 heavy (non-hydrogen) atoms. The Morgan fingerprint density at radius 2 is 1.59 bits per heavy atom.